The Balaban J connectivity index is 1.21. The maximum atomic E-state index is 13.3. The van der Waals surface area contributed by atoms with E-state index < -0.39 is 7.75 Å². The zero-order valence-corrected chi connectivity index (χ0v) is 16.1. The number of hydrogen-bond donors (Lipinski definition) is 1. The van der Waals surface area contributed by atoms with Crippen LogP contribution in [0, 0.1) is 35.5 Å². The Morgan fingerprint density at radius 2 is 0.840 bits per heavy atom. The number of rotatable bonds is 4. The number of nitrogens with two attached hydrogens (primary N) is 1. The average molecular weight is 365 g/mol. The Labute approximate surface area is 151 Å². The molecule has 2 N–H and O–H groups in total. The van der Waals surface area contributed by atoms with Crippen LogP contribution in [-0.4, -0.2) is 11.2 Å². The molecule has 0 radical (unpaired) electrons. The minimum atomic E-state index is -3.49. The lowest BCUT2D eigenvalue weighted by atomic mass is 9.54. The molecule has 8 aliphatic carbocycles. The van der Waals surface area contributed by atoms with Gasteiger partial charge < -0.3 is 0 Å². The maximum absolute atomic E-state index is 13.3. The predicted molar refractivity (Wildman–Crippen MR) is 95.8 cm³/mol. The first kappa shape index (κ1) is 16.1. The van der Waals surface area contributed by atoms with Crippen LogP contribution < -0.4 is 5.50 Å². The van der Waals surface area contributed by atoms with Gasteiger partial charge in [0, 0.05) is 0 Å². The van der Waals surface area contributed by atoms with Crippen LogP contribution in [0.15, 0.2) is 0 Å². The maximum Gasteiger partial charge on any atom is 0.403 e. The van der Waals surface area contributed by atoms with E-state index in [1.165, 1.54) is 38.5 Å². The van der Waals surface area contributed by atoms with Crippen molar-refractivity contribution in [3.05, 3.63) is 0 Å². The molecule has 0 amide bonds. The monoisotopic (exact) mass is 365 g/mol. The standard InChI is InChI=1S/C20H32NO3P/c21-25(22,23-19-7-13-1-14(8-19)3-15(2-13)9-19)24-20-10-16-4-17(11-20)6-18(5-16)12-20/h13-18H,1-12H2,(H2,21,22). The highest BCUT2D eigenvalue weighted by Crippen LogP contribution is 2.65. The molecule has 0 aromatic heterocycles. The summed E-state index contributed by atoms with van der Waals surface area (Å²) in [5.74, 6) is 4.62. The Bertz CT molecular complexity index is 512. The Kier molecular flexibility index (Phi) is 3.30. The molecule has 8 saturated carbocycles. The largest absolute Gasteiger partial charge is 0.403 e. The molecule has 8 rings (SSSR count). The van der Waals surface area contributed by atoms with Gasteiger partial charge in [-0.1, -0.05) is 0 Å². The molecular formula is C20H32NO3P. The van der Waals surface area contributed by atoms with E-state index in [0.29, 0.717) is 0 Å². The molecule has 8 bridgehead atoms. The second-order valence-corrected chi connectivity index (χ2v) is 12.4. The van der Waals surface area contributed by atoms with Gasteiger partial charge >= 0.3 is 7.75 Å². The minimum absolute atomic E-state index is 0.235. The fraction of sp³-hybridized carbons (Fsp3) is 1.00. The van der Waals surface area contributed by atoms with E-state index in [4.69, 9.17) is 14.6 Å². The second-order valence-electron chi connectivity index (χ2n) is 10.9. The fourth-order valence-corrected chi connectivity index (χ4v) is 10.4. The normalized spacial score (nSPS) is 57.8. The molecule has 0 heterocycles. The van der Waals surface area contributed by atoms with E-state index in [1.54, 1.807) is 0 Å². The Morgan fingerprint density at radius 1 is 0.600 bits per heavy atom. The first-order valence-electron chi connectivity index (χ1n) is 10.7. The van der Waals surface area contributed by atoms with Crippen LogP contribution >= 0.6 is 7.75 Å². The second kappa shape index (κ2) is 5.13. The zero-order chi connectivity index (χ0) is 16.9. The molecule has 8 aliphatic rings. The third kappa shape index (κ3) is 2.70. The molecule has 0 aromatic carbocycles. The van der Waals surface area contributed by atoms with E-state index in [-0.39, 0.29) is 11.2 Å². The summed E-state index contributed by atoms with van der Waals surface area (Å²) in [6.07, 6.45) is 14.5. The summed E-state index contributed by atoms with van der Waals surface area (Å²) in [5, 5.41) is 0. The summed E-state index contributed by atoms with van der Waals surface area (Å²) >= 11 is 0. The molecule has 25 heavy (non-hydrogen) atoms. The smallest absolute Gasteiger partial charge is 0.290 e. The topological polar surface area (TPSA) is 61.6 Å². The van der Waals surface area contributed by atoms with Crippen LogP contribution in [0.5, 0.6) is 0 Å². The van der Waals surface area contributed by atoms with Crippen LogP contribution in [0.2, 0.25) is 0 Å². The van der Waals surface area contributed by atoms with Crippen molar-refractivity contribution in [1.29, 1.82) is 0 Å². The van der Waals surface area contributed by atoms with Crippen LogP contribution in [0.4, 0.5) is 0 Å². The lowest BCUT2D eigenvalue weighted by Gasteiger charge is -2.58. The first-order chi connectivity index (χ1) is 11.9. The Hall–Kier alpha value is 0.110. The molecule has 5 heteroatoms. The van der Waals surface area contributed by atoms with Gasteiger partial charge in [-0.05, 0) is 113 Å². The van der Waals surface area contributed by atoms with Gasteiger partial charge in [-0.15, -0.1) is 0 Å². The van der Waals surface area contributed by atoms with Crippen LogP contribution in [0.3, 0.4) is 0 Å². The van der Waals surface area contributed by atoms with E-state index in [2.05, 4.69) is 0 Å². The highest BCUT2D eigenvalue weighted by Gasteiger charge is 2.57. The molecule has 4 nitrogen and oxygen atoms in total. The van der Waals surface area contributed by atoms with Crippen molar-refractivity contribution in [1.82, 2.24) is 0 Å². The molecule has 0 aromatic rings. The van der Waals surface area contributed by atoms with Crippen LogP contribution in [-0.2, 0) is 13.6 Å². The van der Waals surface area contributed by atoms with Gasteiger partial charge in [-0.25, -0.2) is 10.1 Å². The van der Waals surface area contributed by atoms with E-state index in [9.17, 15) is 4.57 Å². The molecule has 140 valence electrons. The SMILES string of the molecule is NP(=O)(OC12CC3CC(CC(C3)C1)C2)OC12CC3CC(CC(C3)C1)C2. The summed E-state index contributed by atoms with van der Waals surface area (Å²) in [5.41, 5.74) is 5.80. The predicted octanol–water partition coefficient (Wildman–Crippen LogP) is 5.02. The average Bonchev–Trinajstić information content (AvgIpc) is 2.40. The summed E-state index contributed by atoms with van der Waals surface area (Å²) in [6, 6.07) is 0. The van der Waals surface area contributed by atoms with Gasteiger partial charge in [0.15, 0.2) is 0 Å². The summed E-state index contributed by atoms with van der Waals surface area (Å²) in [4.78, 5) is 0. The van der Waals surface area contributed by atoms with Gasteiger partial charge in [-0.2, -0.15) is 0 Å². The first-order valence-corrected chi connectivity index (χ1v) is 12.3. The van der Waals surface area contributed by atoms with Crippen molar-refractivity contribution in [3.63, 3.8) is 0 Å². The van der Waals surface area contributed by atoms with Crippen LogP contribution in [0.25, 0.3) is 0 Å². The molecule has 8 fully saturated rings. The van der Waals surface area contributed by atoms with Gasteiger partial charge in [-0.3, -0.25) is 9.05 Å². The van der Waals surface area contributed by atoms with Gasteiger partial charge in [0.05, 0.1) is 11.2 Å². The van der Waals surface area contributed by atoms with Crippen molar-refractivity contribution in [2.45, 2.75) is 88.3 Å². The van der Waals surface area contributed by atoms with Gasteiger partial charge in [0.25, 0.3) is 0 Å². The molecule has 0 unspecified atom stereocenters. The van der Waals surface area contributed by atoms with E-state index in [1.807, 2.05) is 0 Å². The highest BCUT2D eigenvalue weighted by molar-refractivity contribution is 7.51. The lowest BCUT2D eigenvalue weighted by Crippen LogP contribution is -2.54. The molecular weight excluding hydrogens is 333 g/mol. The lowest BCUT2D eigenvalue weighted by molar-refractivity contribution is -0.140. The third-order valence-electron chi connectivity index (χ3n) is 8.61. The van der Waals surface area contributed by atoms with Crippen molar-refractivity contribution in [2.24, 2.45) is 41.0 Å². The van der Waals surface area contributed by atoms with E-state index in [0.717, 1.165) is 74.0 Å². The highest BCUT2D eigenvalue weighted by atomic mass is 31.2. The van der Waals surface area contributed by atoms with E-state index >= 15 is 0 Å². The van der Waals surface area contributed by atoms with Gasteiger partial charge in [0.1, 0.15) is 0 Å². The number of hydrogen-bond acceptors (Lipinski definition) is 3. The summed E-state index contributed by atoms with van der Waals surface area (Å²) in [6.45, 7) is 0. The van der Waals surface area contributed by atoms with Crippen molar-refractivity contribution in [3.8, 4) is 0 Å². The molecule has 0 spiro atoms. The fourth-order valence-electron chi connectivity index (χ4n) is 8.84. The zero-order valence-electron chi connectivity index (χ0n) is 15.2. The summed E-state index contributed by atoms with van der Waals surface area (Å²) in [7, 11) is -3.49. The van der Waals surface area contributed by atoms with Gasteiger partial charge in [0.2, 0.25) is 0 Å². The van der Waals surface area contributed by atoms with Crippen LogP contribution in [0.1, 0.15) is 77.0 Å². The van der Waals surface area contributed by atoms with Crippen molar-refractivity contribution < 1.29 is 13.6 Å². The Morgan fingerprint density at radius 3 is 1.08 bits per heavy atom. The van der Waals surface area contributed by atoms with Crippen molar-refractivity contribution >= 4 is 7.75 Å². The quantitative estimate of drug-likeness (QED) is 0.710. The third-order valence-corrected chi connectivity index (χ3v) is 9.89. The minimum Gasteiger partial charge on any atom is -0.290 e. The van der Waals surface area contributed by atoms with Crippen molar-refractivity contribution in [2.75, 3.05) is 0 Å². The molecule has 0 atom stereocenters. The molecule has 0 aliphatic heterocycles. The molecule has 0 saturated heterocycles. The summed E-state index contributed by atoms with van der Waals surface area (Å²) < 4.78 is 25.9.